The summed E-state index contributed by atoms with van der Waals surface area (Å²) in [5.74, 6) is 2.26. The topological polar surface area (TPSA) is 72.9 Å². The lowest BCUT2D eigenvalue weighted by Crippen LogP contribution is -2.49. The number of guanidine groups is 1. The fourth-order valence-corrected chi connectivity index (χ4v) is 3.65. The Bertz CT molecular complexity index is 851. The third kappa shape index (κ3) is 7.65. The minimum atomic E-state index is 0. The van der Waals surface area contributed by atoms with E-state index in [-0.39, 0.29) is 29.9 Å². The molecule has 1 aromatic heterocycles. The zero-order valence-electron chi connectivity index (χ0n) is 19.3. The third-order valence-corrected chi connectivity index (χ3v) is 5.68. The van der Waals surface area contributed by atoms with Crippen LogP contribution in [0.15, 0.2) is 53.7 Å². The van der Waals surface area contributed by atoms with Gasteiger partial charge in [0.1, 0.15) is 5.82 Å². The van der Waals surface area contributed by atoms with Gasteiger partial charge in [0.2, 0.25) is 5.91 Å². The van der Waals surface area contributed by atoms with Gasteiger partial charge < -0.3 is 20.4 Å². The van der Waals surface area contributed by atoms with Crippen molar-refractivity contribution in [2.45, 2.75) is 26.2 Å². The van der Waals surface area contributed by atoms with Gasteiger partial charge in [0.25, 0.3) is 0 Å². The van der Waals surface area contributed by atoms with Gasteiger partial charge in [-0.3, -0.25) is 9.79 Å². The number of nitrogens with zero attached hydrogens (tertiary/aromatic N) is 4. The summed E-state index contributed by atoms with van der Waals surface area (Å²) >= 11 is 0. The zero-order chi connectivity index (χ0) is 22.1. The lowest BCUT2D eigenvalue weighted by atomic mass is 10.0. The van der Waals surface area contributed by atoms with Crippen molar-refractivity contribution < 1.29 is 4.79 Å². The summed E-state index contributed by atoms with van der Waals surface area (Å²) in [4.78, 5) is 25.4. The van der Waals surface area contributed by atoms with Crippen LogP contribution >= 0.6 is 24.0 Å². The number of hydrogen-bond donors (Lipinski definition) is 2. The summed E-state index contributed by atoms with van der Waals surface area (Å²) in [6, 6.07) is 14.5. The summed E-state index contributed by atoms with van der Waals surface area (Å²) in [5, 5.41) is 6.62. The molecule has 0 saturated carbocycles. The number of aryl methyl sites for hydroxylation is 1. The van der Waals surface area contributed by atoms with E-state index in [0.717, 1.165) is 44.5 Å². The number of carbonyl (C=O) groups excluding carboxylic acids is 1. The lowest BCUT2D eigenvalue weighted by molar-refractivity contribution is -0.131. The molecule has 1 atom stereocenters. The van der Waals surface area contributed by atoms with Crippen LogP contribution in [0.4, 0.5) is 5.82 Å². The second-order valence-electron chi connectivity index (χ2n) is 8.00. The third-order valence-electron chi connectivity index (χ3n) is 5.68. The van der Waals surface area contributed by atoms with Crippen LogP contribution in [0.2, 0.25) is 0 Å². The first kappa shape index (κ1) is 25.9. The maximum Gasteiger partial charge on any atom is 0.224 e. The standard InChI is InChI=1S/C24H34N6O.HI/c1-19-7-9-21(10-8-19)20(2)18-28-24(25-3)27-13-11-23(31)30-16-14-29(15-17-30)22-6-4-5-12-26-22;/h4-10,12,20H,11,13-18H2,1-3H3,(H2,25,27,28);1H. The van der Waals surface area contributed by atoms with Crippen LogP contribution in [0.5, 0.6) is 0 Å². The SMILES string of the molecule is CN=C(NCCC(=O)N1CCN(c2ccccn2)CC1)NCC(C)c1ccc(C)cc1.I. The molecule has 2 N–H and O–H groups in total. The van der Waals surface area contributed by atoms with Gasteiger partial charge in [-0.1, -0.05) is 42.8 Å². The molecule has 3 rings (SSSR count). The van der Waals surface area contributed by atoms with E-state index in [0.29, 0.717) is 18.9 Å². The number of nitrogens with one attached hydrogen (secondary N) is 2. The number of pyridine rings is 1. The van der Waals surface area contributed by atoms with E-state index in [1.165, 1.54) is 11.1 Å². The summed E-state index contributed by atoms with van der Waals surface area (Å²) in [6.45, 7) is 8.74. The molecule has 1 aromatic carbocycles. The predicted molar refractivity (Wildman–Crippen MR) is 142 cm³/mol. The van der Waals surface area contributed by atoms with Gasteiger partial charge in [-0.05, 0) is 30.5 Å². The molecule has 0 spiro atoms. The van der Waals surface area contributed by atoms with E-state index in [1.807, 2.05) is 23.1 Å². The number of rotatable bonds is 7. The van der Waals surface area contributed by atoms with Gasteiger partial charge in [-0.2, -0.15) is 0 Å². The van der Waals surface area contributed by atoms with Crippen LogP contribution in [0, 0.1) is 6.92 Å². The largest absolute Gasteiger partial charge is 0.356 e. The smallest absolute Gasteiger partial charge is 0.224 e. The molecule has 1 fully saturated rings. The molecule has 0 aliphatic carbocycles. The van der Waals surface area contributed by atoms with Gasteiger partial charge >= 0.3 is 0 Å². The van der Waals surface area contributed by atoms with Crippen LogP contribution in [0.1, 0.15) is 30.4 Å². The van der Waals surface area contributed by atoms with Crippen LogP contribution in [-0.4, -0.2) is 68.1 Å². The minimum Gasteiger partial charge on any atom is -0.356 e. The zero-order valence-corrected chi connectivity index (χ0v) is 21.6. The molecule has 174 valence electrons. The monoisotopic (exact) mass is 550 g/mol. The van der Waals surface area contributed by atoms with Crippen molar-refractivity contribution in [3.8, 4) is 0 Å². The fourth-order valence-electron chi connectivity index (χ4n) is 3.65. The molecule has 7 nitrogen and oxygen atoms in total. The highest BCUT2D eigenvalue weighted by atomic mass is 127. The Kier molecular flexibility index (Phi) is 10.7. The van der Waals surface area contributed by atoms with E-state index in [9.17, 15) is 4.79 Å². The highest BCUT2D eigenvalue weighted by molar-refractivity contribution is 14.0. The molecule has 2 heterocycles. The summed E-state index contributed by atoms with van der Waals surface area (Å²) < 4.78 is 0. The van der Waals surface area contributed by atoms with Gasteiger partial charge in [0, 0.05) is 58.9 Å². The Morgan fingerprint density at radius 1 is 1.09 bits per heavy atom. The number of anilines is 1. The summed E-state index contributed by atoms with van der Waals surface area (Å²) in [7, 11) is 1.75. The number of aromatic nitrogens is 1. The molecule has 8 heteroatoms. The summed E-state index contributed by atoms with van der Waals surface area (Å²) in [6.07, 6.45) is 2.26. The fraction of sp³-hybridized carbons (Fsp3) is 0.458. The van der Waals surface area contributed by atoms with Crippen molar-refractivity contribution in [1.82, 2.24) is 20.5 Å². The van der Waals surface area contributed by atoms with Crippen LogP contribution in [-0.2, 0) is 4.79 Å². The van der Waals surface area contributed by atoms with E-state index in [2.05, 4.69) is 63.6 Å². The van der Waals surface area contributed by atoms with Crippen molar-refractivity contribution in [2.24, 2.45) is 4.99 Å². The van der Waals surface area contributed by atoms with Gasteiger partial charge in [0.05, 0.1) is 0 Å². The Balaban J connectivity index is 0.00000363. The number of benzene rings is 1. The number of hydrogen-bond acceptors (Lipinski definition) is 4. The number of halogens is 1. The molecule has 32 heavy (non-hydrogen) atoms. The highest BCUT2D eigenvalue weighted by Crippen LogP contribution is 2.15. The molecule has 1 aliphatic heterocycles. The van der Waals surface area contributed by atoms with Crippen molar-refractivity contribution in [1.29, 1.82) is 0 Å². The van der Waals surface area contributed by atoms with E-state index in [4.69, 9.17) is 0 Å². The quantitative estimate of drug-likeness (QED) is 0.315. The average molecular weight is 550 g/mol. The van der Waals surface area contributed by atoms with E-state index in [1.54, 1.807) is 13.2 Å². The van der Waals surface area contributed by atoms with Gasteiger partial charge in [-0.25, -0.2) is 4.98 Å². The summed E-state index contributed by atoms with van der Waals surface area (Å²) in [5.41, 5.74) is 2.57. The lowest BCUT2D eigenvalue weighted by Gasteiger charge is -2.35. The predicted octanol–water partition coefficient (Wildman–Crippen LogP) is 3.02. The van der Waals surface area contributed by atoms with E-state index < -0.39 is 0 Å². The average Bonchev–Trinajstić information content (AvgIpc) is 2.82. The molecular formula is C24H35IN6O. The van der Waals surface area contributed by atoms with Crippen molar-refractivity contribution in [2.75, 3.05) is 51.2 Å². The molecule has 0 bridgehead atoms. The molecule has 1 aliphatic rings. The normalized spacial score (nSPS) is 15.0. The molecule has 1 amide bonds. The maximum absolute atomic E-state index is 12.6. The van der Waals surface area contributed by atoms with Crippen LogP contribution < -0.4 is 15.5 Å². The Morgan fingerprint density at radius 3 is 2.44 bits per heavy atom. The van der Waals surface area contributed by atoms with Crippen LogP contribution in [0.25, 0.3) is 0 Å². The molecule has 0 radical (unpaired) electrons. The first-order valence-corrected chi connectivity index (χ1v) is 11.0. The minimum absolute atomic E-state index is 0. The van der Waals surface area contributed by atoms with Crippen LogP contribution in [0.3, 0.4) is 0 Å². The Labute approximate surface area is 208 Å². The first-order chi connectivity index (χ1) is 15.1. The highest BCUT2D eigenvalue weighted by Gasteiger charge is 2.21. The Hall–Kier alpha value is -2.36. The number of aliphatic imine (C=N–C) groups is 1. The number of carbonyl (C=O) groups is 1. The molecule has 1 unspecified atom stereocenters. The van der Waals surface area contributed by atoms with Gasteiger partial charge in [-0.15, -0.1) is 24.0 Å². The maximum atomic E-state index is 12.6. The second kappa shape index (κ2) is 13.2. The molecule has 2 aromatic rings. The second-order valence-corrected chi connectivity index (χ2v) is 8.00. The first-order valence-electron chi connectivity index (χ1n) is 11.0. The van der Waals surface area contributed by atoms with Gasteiger partial charge in [0.15, 0.2) is 5.96 Å². The molecule has 1 saturated heterocycles. The Morgan fingerprint density at radius 2 is 1.81 bits per heavy atom. The van der Waals surface area contributed by atoms with E-state index >= 15 is 0 Å². The van der Waals surface area contributed by atoms with Crippen molar-refractivity contribution in [3.63, 3.8) is 0 Å². The number of amides is 1. The molecular weight excluding hydrogens is 515 g/mol. The van der Waals surface area contributed by atoms with Crippen molar-refractivity contribution >= 4 is 41.7 Å². The van der Waals surface area contributed by atoms with Crippen molar-refractivity contribution in [3.05, 3.63) is 59.8 Å². The number of piperazine rings is 1.